The van der Waals surface area contributed by atoms with E-state index in [9.17, 15) is 0 Å². The van der Waals surface area contributed by atoms with E-state index in [-0.39, 0.29) is 0 Å². The summed E-state index contributed by atoms with van der Waals surface area (Å²) in [6, 6.07) is 0. The van der Waals surface area contributed by atoms with Crippen LogP contribution in [0.25, 0.3) is 0 Å². The average molecular weight is 195 g/mol. The molecule has 4 heteroatoms. The van der Waals surface area contributed by atoms with Gasteiger partial charge in [-0.15, -0.1) is 0 Å². The van der Waals surface area contributed by atoms with Crippen LogP contribution in [0.3, 0.4) is 0 Å². The molecule has 0 saturated heterocycles. The molecule has 1 aromatic heterocycles. The molecule has 1 atom stereocenters. The number of rotatable bonds is 5. The highest BCUT2D eigenvalue weighted by atomic mass is 16.5. The Morgan fingerprint density at radius 1 is 1.43 bits per heavy atom. The molecule has 14 heavy (non-hydrogen) atoms. The first-order valence-electron chi connectivity index (χ1n) is 4.93. The molecule has 0 fully saturated rings. The van der Waals surface area contributed by atoms with Crippen LogP contribution < -0.4 is 10.5 Å². The summed E-state index contributed by atoms with van der Waals surface area (Å²) >= 11 is 0. The molecule has 0 aliphatic carbocycles. The van der Waals surface area contributed by atoms with Crippen LogP contribution in [0.4, 0.5) is 5.82 Å². The maximum atomic E-state index is 5.58. The van der Waals surface area contributed by atoms with Crippen LogP contribution in [0.1, 0.15) is 26.7 Å². The first kappa shape index (κ1) is 10.8. The van der Waals surface area contributed by atoms with Crippen LogP contribution in [-0.2, 0) is 0 Å². The highest BCUT2D eigenvalue weighted by Gasteiger charge is 2.05. The summed E-state index contributed by atoms with van der Waals surface area (Å²) in [5, 5.41) is 0. The molecule has 78 valence electrons. The molecule has 0 aliphatic rings. The van der Waals surface area contributed by atoms with Gasteiger partial charge in [0.05, 0.1) is 6.61 Å². The van der Waals surface area contributed by atoms with Crippen LogP contribution in [0, 0.1) is 5.92 Å². The summed E-state index contributed by atoms with van der Waals surface area (Å²) in [4.78, 5) is 7.89. The van der Waals surface area contributed by atoms with Crippen LogP contribution in [-0.4, -0.2) is 16.6 Å². The summed E-state index contributed by atoms with van der Waals surface area (Å²) in [6.45, 7) is 4.96. The summed E-state index contributed by atoms with van der Waals surface area (Å²) in [7, 11) is 0. The number of aromatic nitrogens is 2. The van der Waals surface area contributed by atoms with Crippen molar-refractivity contribution in [2.45, 2.75) is 26.7 Å². The standard InChI is InChI=1S/C10H17N3O/c1-3-4-8(2)7-14-10-9(11)12-5-6-13-10/h5-6,8H,3-4,7H2,1-2H3,(H2,11,12). The number of nitrogens with zero attached hydrogens (tertiary/aromatic N) is 2. The van der Waals surface area contributed by atoms with E-state index < -0.39 is 0 Å². The van der Waals surface area contributed by atoms with Crippen molar-refractivity contribution in [1.29, 1.82) is 0 Å². The minimum atomic E-state index is 0.358. The number of nitrogens with two attached hydrogens (primary N) is 1. The SMILES string of the molecule is CCCC(C)COc1nccnc1N. The number of hydrogen-bond acceptors (Lipinski definition) is 4. The van der Waals surface area contributed by atoms with Gasteiger partial charge in [0.1, 0.15) is 0 Å². The lowest BCUT2D eigenvalue weighted by molar-refractivity contribution is 0.243. The predicted octanol–water partition coefficient (Wildman–Crippen LogP) is 1.87. The molecule has 0 aromatic carbocycles. The van der Waals surface area contributed by atoms with Crippen LogP contribution >= 0.6 is 0 Å². The van der Waals surface area contributed by atoms with Crippen LogP contribution in [0.5, 0.6) is 5.88 Å². The fourth-order valence-electron chi connectivity index (χ4n) is 1.24. The van der Waals surface area contributed by atoms with E-state index in [2.05, 4.69) is 23.8 Å². The van der Waals surface area contributed by atoms with Gasteiger partial charge >= 0.3 is 0 Å². The van der Waals surface area contributed by atoms with Gasteiger partial charge in [0.15, 0.2) is 5.82 Å². The number of hydrogen-bond donors (Lipinski definition) is 1. The largest absolute Gasteiger partial charge is 0.475 e. The quantitative estimate of drug-likeness (QED) is 0.779. The fraction of sp³-hybridized carbons (Fsp3) is 0.600. The summed E-state index contributed by atoms with van der Waals surface area (Å²) < 4.78 is 5.45. The Morgan fingerprint density at radius 2 is 2.14 bits per heavy atom. The third-order valence-corrected chi connectivity index (χ3v) is 1.98. The zero-order chi connectivity index (χ0) is 10.4. The third kappa shape index (κ3) is 3.20. The Hall–Kier alpha value is -1.32. The van der Waals surface area contributed by atoms with Gasteiger partial charge in [0.2, 0.25) is 0 Å². The number of anilines is 1. The van der Waals surface area contributed by atoms with E-state index in [1.165, 1.54) is 6.42 Å². The minimum absolute atomic E-state index is 0.358. The third-order valence-electron chi connectivity index (χ3n) is 1.98. The lowest BCUT2D eigenvalue weighted by Crippen LogP contribution is -2.10. The van der Waals surface area contributed by atoms with Gasteiger partial charge in [-0.05, 0) is 12.3 Å². The second-order valence-corrected chi connectivity index (χ2v) is 3.45. The van der Waals surface area contributed by atoms with Crippen LogP contribution in [0.15, 0.2) is 12.4 Å². The van der Waals surface area contributed by atoms with E-state index in [1.54, 1.807) is 12.4 Å². The Labute approximate surface area is 84.5 Å². The minimum Gasteiger partial charge on any atom is -0.475 e. The molecule has 0 spiro atoms. The van der Waals surface area contributed by atoms with E-state index in [4.69, 9.17) is 10.5 Å². The van der Waals surface area contributed by atoms with E-state index >= 15 is 0 Å². The monoisotopic (exact) mass is 195 g/mol. The van der Waals surface area contributed by atoms with Crippen molar-refractivity contribution in [2.75, 3.05) is 12.3 Å². The van der Waals surface area contributed by atoms with Gasteiger partial charge in [0, 0.05) is 12.4 Å². The zero-order valence-electron chi connectivity index (χ0n) is 8.73. The second kappa shape index (κ2) is 5.42. The maximum Gasteiger partial charge on any atom is 0.257 e. The van der Waals surface area contributed by atoms with E-state index in [1.807, 2.05) is 0 Å². The Morgan fingerprint density at radius 3 is 2.79 bits per heavy atom. The van der Waals surface area contributed by atoms with E-state index in [0.29, 0.717) is 24.2 Å². The molecule has 2 N–H and O–H groups in total. The first-order valence-corrected chi connectivity index (χ1v) is 4.93. The number of nitrogen functional groups attached to an aromatic ring is 1. The van der Waals surface area contributed by atoms with Gasteiger partial charge in [0.25, 0.3) is 5.88 Å². The van der Waals surface area contributed by atoms with Gasteiger partial charge < -0.3 is 10.5 Å². The number of ether oxygens (including phenoxy) is 1. The normalized spacial score (nSPS) is 12.4. The summed E-state index contributed by atoms with van der Waals surface area (Å²) in [6.07, 6.45) is 5.45. The second-order valence-electron chi connectivity index (χ2n) is 3.45. The Balaban J connectivity index is 2.41. The summed E-state index contributed by atoms with van der Waals surface area (Å²) in [5.74, 6) is 1.33. The molecular formula is C10H17N3O. The molecule has 0 saturated carbocycles. The highest BCUT2D eigenvalue weighted by Crippen LogP contribution is 2.15. The van der Waals surface area contributed by atoms with Gasteiger partial charge in [-0.3, -0.25) is 0 Å². The molecule has 0 bridgehead atoms. The molecule has 0 amide bonds. The molecule has 1 unspecified atom stereocenters. The van der Waals surface area contributed by atoms with Crippen molar-refractivity contribution >= 4 is 5.82 Å². The molecule has 0 aliphatic heterocycles. The molecule has 1 heterocycles. The van der Waals surface area contributed by atoms with Crippen molar-refractivity contribution in [2.24, 2.45) is 5.92 Å². The van der Waals surface area contributed by atoms with Crippen molar-refractivity contribution in [3.8, 4) is 5.88 Å². The molecule has 0 radical (unpaired) electrons. The van der Waals surface area contributed by atoms with Crippen LogP contribution in [0.2, 0.25) is 0 Å². The Bertz CT molecular complexity index is 278. The fourth-order valence-corrected chi connectivity index (χ4v) is 1.24. The molecule has 1 aromatic rings. The lowest BCUT2D eigenvalue weighted by atomic mass is 10.1. The van der Waals surface area contributed by atoms with Gasteiger partial charge in [-0.25, -0.2) is 9.97 Å². The van der Waals surface area contributed by atoms with Crippen molar-refractivity contribution in [3.05, 3.63) is 12.4 Å². The van der Waals surface area contributed by atoms with Gasteiger partial charge in [-0.1, -0.05) is 20.3 Å². The van der Waals surface area contributed by atoms with Gasteiger partial charge in [-0.2, -0.15) is 0 Å². The predicted molar refractivity (Wildman–Crippen MR) is 56.0 cm³/mol. The topological polar surface area (TPSA) is 61.0 Å². The van der Waals surface area contributed by atoms with Crippen molar-refractivity contribution in [3.63, 3.8) is 0 Å². The summed E-state index contributed by atoms with van der Waals surface area (Å²) in [5.41, 5.74) is 5.58. The highest BCUT2D eigenvalue weighted by molar-refractivity contribution is 5.38. The zero-order valence-corrected chi connectivity index (χ0v) is 8.73. The van der Waals surface area contributed by atoms with E-state index in [0.717, 1.165) is 6.42 Å². The average Bonchev–Trinajstić information content (AvgIpc) is 2.17. The molecule has 1 rings (SSSR count). The first-order chi connectivity index (χ1) is 6.74. The van der Waals surface area contributed by atoms with Crippen molar-refractivity contribution < 1.29 is 4.74 Å². The molecule has 4 nitrogen and oxygen atoms in total. The Kier molecular flexibility index (Phi) is 4.16. The van der Waals surface area contributed by atoms with Crippen molar-refractivity contribution in [1.82, 2.24) is 9.97 Å². The maximum absolute atomic E-state index is 5.58. The molecular weight excluding hydrogens is 178 g/mol. The lowest BCUT2D eigenvalue weighted by Gasteiger charge is -2.11. The smallest absolute Gasteiger partial charge is 0.257 e.